The molecule has 27 heavy (non-hydrogen) atoms. The molecule has 0 aliphatic carbocycles. The summed E-state index contributed by atoms with van der Waals surface area (Å²) in [4.78, 5) is 12.7. The van der Waals surface area contributed by atoms with Crippen LogP contribution in [0.15, 0.2) is 66.4 Å². The SMILES string of the molecule is CCC(O)CC(CC)OC(=O)C(=Cc1ccccc1)OCc1ccccc1. The molecule has 0 amide bonds. The molecule has 0 saturated heterocycles. The lowest BCUT2D eigenvalue weighted by atomic mass is 10.1. The number of carbonyl (C=O) groups excluding carboxylic acids is 1. The van der Waals surface area contributed by atoms with Crippen molar-refractivity contribution in [3.63, 3.8) is 0 Å². The van der Waals surface area contributed by atoms with E-state index in [1.807, 2.05) is 74.5 Å². The molecule has 2 aromatic carbocycles. The number of hydrogen-bond donors (Lipinski definition) is 1. The van der Waals surface area contributed by atoms with Gasteiger partial charge in [0.05, 0.1) is 6.10 Å². The predicted molar refractivity (Wildman–Crippen MR) is 107 cm³/mol. The molecular formula is C23H28O4. The van der Waals surface area contributed by atoms with E-state index >= 15 is 0 Å². The quantitative estimate of drug-likeness (QED) is 0.374. The van der Waals surface area contributed by atoms with E-state index in [1.54, 1.807) is 6.08 Å². The number of aliphatic hydroxyl groups excluding tert-OH is 1. The second-order valence-electron chi connectivity index (χ2n) is 6.43. The number of carbonyl (C=O) groups is 1. The lowest BCUT2D eigenvalue weighted by Crippen LogP contribution is -2.24. The van der Waals surface area contributed by atoms with E-state index in [2.05, 4.69) is 0 Å². The van der Waals surface area contributed by atoms with Crippen LogP contribution in [-0.2, 0) is 20.9 Å². The zero-order valence-corrected chi connectivity index (χ0v) is 16.0. The highest BCUT2D eigenvalue weighted by atomic mass is 16.6. The van der Waals surface area contributed by atoms with Gasteiger partial charge in [0.1, 0.15) is 12.7 Å². The molecule has 0 bridgehead atoms. The maximum atomic E-state index is 12.7. The molecule has 4 heteroatoms. The summed E-state index contributed by atoms with van der Waals surface area (Å²) in [6.07, 6.45) is 2.57. The van der Waals surface area contributed by atoms with Gasteiger partial charge in [-0.15, -0.1) is 0 Å². The maximum absolute atomic E-state index is 12.7. The second-order valence-corrected chi connectivity index (χ2v) is 6.43. The molecule has 0 fully saturated rings. The van der Waals surface area contributed by atoms with Gasteiger partial charge in [0, 0.05) is 6.42 Å². The van der Waals surface area contributed by atoms with Gasteiger partial charge < -0.3 is 14.6 Å². The molecule has 4 nitrogen and oxygen atoms in total. The van der Waals surface area contributed by atoms with Crippen LogP contribution in [0, 0.1) is 0 Å². The minimum absolute atomic E-state index is 0.162. The van der Waals surface area contributed by atoms with Gasteiger partial charge in [-0.05, 0) is 30.0 Å². The number of hydrogen-bond acceptors (Lipinski definition) is 4. The molecule has 0 aliphatic heterocycles. The third kappa shape index (κ3) is 7.27. The van der Waals surface area contributed by atoms with Crippen molar-refractivity contribution in [2.75, 3.05) is 0 Å². The average molecular weight is 368 g/mol. The van der Waals surface area contributed by atoms with Gasteiger partial charge in [-0.1, -0.05) is 74.5 Å². The smallest absolute Gasteiger partial charge is 0.373 e. The van der Waals surface area contributed by atoms with E-state index in [1.165, 1.54) is 0 Å². The molecule has 0 saturated carbocycles. The number of esters is 1. The van der Waals surface area contributed by atoms with Crippen molar-refractivity contribution in [3.8, 4) is 0 Å². The standard InChI is InChI=1S/C23H28O4/c1-3-20(24)16-21(4-2)27-23(25)22(15-18-11-7-5-8-12-18)26-17-19-13-9-6-10-14-19/h5-15,20-21,24H,3-4,16-17H2,1-2H3. The molecule has 2 rings (SSSR count). The van der Waals surface area contributed by atoms with E-state index < -0.39 is 12.1 Å². The monoisotopic (exact) mass is 368 g/mol. The zero-order valence-electron chi connectivity index (χ0n) is 16.0. The molecule has 1 N–H and O–H groups in total. The first-order valence-electron chi connectivity index (χ1n) is 9.44. The van der Waals surface area contributed by atoms with Crippen LogP contribution in [0.2, 0.25) is 0 Å². The average Bonchev–Trinajstić information content (AvgIpc) is 2.71. The molecule has 2 atom stereocenters. The third-order valence-electron chi connectivity index (χ3n) is 4.27. The number of rotatable bonds is 10. The van der Waals surface area contributed by atoms with Gasteiger partial charge >= 0.3 is 5.97 Å². The largest absolute Gasteiger partial charge is 0.482 e. The molecule has 2 aromatic rings. The van der Waals surface area contributed by atoms with E-state index in [-0.39, 0.29) is 18.5 Å². The first-order valence-corrected chi connectivity index (χ1v) is 9.44. The Hall–Kier alpha value is -2.59. The number of aliphatic hydroxyl groups is 1. The van der Waals surface area contributed by atoms with Gasteiger partial charge in [0.25, 0.3) is 0 Å². The summed E-state index contributed by atoms with van der Waals surface area (Å²) in [5, 5.41) is 9.86. The van der Waals surface area contributed by atoms with Crippen molar-refractivity contribution in [2.45, 2.75) is 51.9 Å². The highest BCUT2D eigenvalue weighted by Crippen LogP contribution is 2.16. The predicted octanol–water partition coefficient (Wildman–Crippen LogP) is 4.73. The van der Waals surface area contributed by atoms with Crippen LogP contribution in [0.3, 0.4) is 0 Å². The summed E-state index contributed by atoms with van der Waals surface area (Å²) in [5.74, 6) is -0.348. The van der Waals surface area contributed by atoms with Crippen molar-refractivity contribution >= 4 is 12.0 Å². The van der Waals surface area contributed by atoms with Gasteiger partial charge in [-0.3, -0.25) is 0 Å². The number of benzene rings is 2. The Morgan fingerprint density at radius 3 is 2.22 bits per heavy atom. The van der Waals surface area contributed by atoms with Crippen LogP contribution >= 0.6 is 0 Å². The molecule has 2 unspecified atom stereocenters. The summed E-state index contributed by atoms with van der Waals surface area (Å²) in [5.41, 5.74) is 1.83. The summed E-state index contributed by atoms with van der Waals surface area (Å²) < 4.78 is 11.4. The normalized spacial score (nSPS) is 13.7. The topological polar surface area (TPSA) is 55.8 Å². The van der Waals surface area contributed by atoms with Gasteiger partial charge in [-0.2, -0.15) is 0 Å². The number of ether oxygens (including phenoxy) is 2. The fourth-order valence-electron chi connectivity index (χ4n) is 2.57. The Balaban J connectivity index is 2.12. The Bertz CT molecular complexity index is 710. The van der Waals surface area contributed by atoms with Gasteiger partial charge in [0.15, 0.2) is 0 Å². The fourth-order valence-corrected chi connectivity index (χ4v) is 2.57. The Kier molecular flexibility index (Phi) is 8.59. The molecule has 0 aliphatic rings. The second kappa shape index (κ2) is 11.2. The highest BCUT2D eigenvalue weighted by molar-refractivity contribution is 5.91. The molecule has 0 heterocycles. The summed E-state index contributed by atoms with van der Waals surface area (Å²) in [6.45, 7) is 4.12. The van der Waals surface area contributed by atoms with Crippen molar-refractivity contribution in [3.05, 3.63) is 77.5 Å². The first-order chi connectivity index (χ1) is 13.1. The van der Waals surface area contributed by atoms with Crippen LogP contribution in [0.1, 0.15) is 44.2 Å². The minimum Gasteiger partial charge on any atom is -0.482 e. The Morgan fingerprint density at radius 2 is 1.63 bits per heavy atom. The first kappa shape index (κ1) is 20.7. The highest BCUT2D eigenvalue weighted by Gasteiger charge is 2.20. The van der Waals surface area contributed by atoms with Crippen LogP contribution in [-0.4, -0.2) is 23.3 Å². The van der Waals surface area contributed by atoms with Crippen LogP contribution in [0.25, 0.3) is 6.08 Å². The van der Waals surface area contributed by atoms with Crippen molar-refractivity contribution in [1.82, 2.24) is 0 Å². The lowest BCUT2D eigenvalue weighted by Gasteiger charge is -2.20. The molecular weight excluding hydrogens is 340 g/mol. The van der Waals surface area contributed by atoms with Crippen LogP contribution in [0.5, 0.6) is 0 Å². The summed E-state index contributed by atoms with van der Waals surface area (Å²) in [6, 6.07) is 19.2. The van der Waals surface area contributed by atoms with Crippen molar-refractivity contribution < 1.29 is 19.4 Å². The van der Waals surface area contributed by atoms with Crippen molar-refractivity contribution in [1.29, 1.82) is 0 Å². The van der Waals surface area contributed by atoms with Gasteiger partial charge in [0.2, 0.25) is 5.76 Å². The molecule has 0 radical (unpaired) electrons. The molecule has 0 spiro atoms. The summed E-state index contributed by atoms with van der Waals surface area (Å²) in [7, 11) is 0. The van der Waals surface area contributed by atoms with E-state index in [0.29, 0.717) is 19.3 Å². The fraction of sp³-hybridized carbons (Fsp3) is 0.348. The Labute approximate surface area is 161 Å². The van der Waals surface area contributed by atoms with E-state index in [0.717, 1.165) is 11.1 Å². The maximum Gasteiger partial charge on any atom is 0.373 e. The van der Waals surface area contributed by atoms with E-state index in [4.69, 9.17) is 9.47 Å². The van der Waals surface area contributed by atoms with Crippen LogP contribution < -0.4 is 0 Å². The third-order valence-corrected chi connectivity index (χ3v) is 4.27. The Morgan fingerprint density at radius 1 is 1.00 bits per heavy atom. The molecule has 0 aromatic heterocycles. The van der Waals surface area contributed by atoms with Crippen molar-refractivity contribution in [2.24, 2.45) is 0 Å². The van der Waals surface area contributed by atoms with E-state index in [9.17, 15) is 9.90 Å². The van der Waals surface area contributed by atoms with Gasteiger partial charge in [-0.25, -0.2) is 4.79 Å². The summed E-state index contributed by atoms with van der Waals surface area (Å²) >= 11 is 0. The zero-order chi connectivity index (χ0) is 19.5. The minimum atomic E-state index is -0.509. The van der Waals surface area contributed by atoms with Crippen LogP contribution in [0.4, 0.5) is 0 Å². The molecule has 144 valence electrons. The lowest BCUT2D eigenvalue weighted by molar-refractivity contribution is -0.150.